The summed E-state index contributed by atoms with van der Waals surface area (Å²) in [5, 5.41) is 11.2. The van der Waals surface area contributed by atoms with Gasteiger partial charge < -0.3 is 9.47 Å². The summed E-state index contributed by atoms with van der Waals surface area (Å²) >= 11 is 7.05. The van der Waals surface area contributed by atoms with Gasteiger partial charge in [-0.25, -0.2) is 0 Å². The summed E-state index contributed by atoms with van der Waals surface area (Å²) in [6.45, 7) is 0. The molecule has 1 aliphatic rings. The van der Waals surface area contributed by atoms with E-state index in [0.717, 1.165) is 17.1 Å². The molecule has 1 aliphatic heterocycles. The van der Waals surface area contributed by atoms with Crippen molar-refractivity contribution in [1.82, 2.24) is 0 Å². The number of rotatable bonds is 5. The molecule has 0 saturated carbocycles. The lowest BCUT2D eigenvalue weighted by Crippen LogP contribution is -1.96. The molecule has 1 fully saturated rings. The van der Waals surface area contributed by atoms with Crippen molar-refractivity contribution in [3.63, 3.8) is 0 Å². The number of hydrogen-bond acceptors (Lipinski definition) is 6. The Morgan fingerprint density at radius 1 is 1.12 bits per heavy atom. The van der Waals surface area contributed by atoms with Gasteiger partial charge >= 0.3 is 5.69 Å². The first-order valence-electron chi connectivity index (χ1n) is 7.11. The summed E-state index contributed by atoms with van der Waals surface area (Å²) in [4.78, 5) is 10.7. The third-order valence-corrected chi connectivity index (χ3v) is 7.02. The quantitative estimate of drug-likeness (QED) is 0.454. The van der Waals surface area contributed by atoms with Crippen molar-refractivity contribution in [1.29, 1.82) is 0 Å². The molecule has 0 unspecified atom stereocenters. The van der Waals surface area contributed by atoms with Crippen LogP contribution in [0.1, 0.15) is 10.1 Å². The number of nitro groups is 1. The fourth-order valence-corrected chi connectivity index (χ4v) is 5.49. The molecule has 0 aromatic heterocycles. The molecular weight excluding hydrogens is 414 g/mol. The highest BCUT2D eigenvalue weighted by molar-refractivity contribution is 9.10. The molecule has 0 spiro atoms. The summed E-state index contributed by atoms with van der Waals surface area (Å²) in [7, 11) is 1.57. The SMILES string of the molecule is COc1cc(C2SCCS2)ccc1Oc1ccc(Br)cc1[N+](=O)[O-]. The van der Waals surface area contributed by atoms with Crippen LogP contribution in [0.2, 0.25) is 0 Å². The number of nitrogens with zero attached hydrogens (tertiary/aromatic N) is 1. The van der Waals surface area contributed by atoms with Gasteiger partial charge in [0.05, 0.1) is 16.6 Å². The maximum Gasteiger partial charge on any atom is 0.312 e. The fraction of sp³-hybridized carbons (Fsp3) is 0.250. The molecule has 5 nitrogen and oxygen atoms in total. The summed E-state index contributed by atoms with van der Waals surface area (Å²) in [5.74, 6) is 3.48. The Bertz CT molecular complexity index is 766. The molecule has 0 radical (unpaired) electrons. The van der Waals surface area contributed by atoms with Crippen LogP contribution >= 0.6 is 39.5 Å². The molecule has 2 aromatic rings. The van der Waals surface area contributed by atoms with E-state index in [1.807, 2.05) is 35.7 Å². The minimum absolute atomic E-state index is 0.0996. The van der Waals surface area contributed by atoms with Crippen molar-refractivity contribution in [2.45, 2.75) is 4.58 Å². The lowest BCUT2D eigenvalue weighted by molar-refractivity contribution is -0.385. The maximum atomic E-state index is 11.2. The number of ether oxygens (including phenoxy) is 2. The topological polar surface area (TPSA) is 61.6 Å². The predicted molar refractivity (Wildman–Crippen MR) is 102 cm³/mol. The molecule has 3 rings (SSSR count). The largest absolute Gasteiger partial charge is 0.493 e. The Hall–Kier alpha value is -1.38. The minimum atomic E-state index is -0.466. The van der Waals surface area contributed by atoms with Crippen molar-refractivity contribution in [2.75, 3.05) is 18.6 Å². The van der Waals surface area contributed by atoms with Gasteiger partial charge in [0.25, 0.3) is 0 Å². The molecule has 0 aliphatic carbocycles. The first kappa shape index (κ1) is 17.4. The summed E-state index contributed by atoms with van der Waals surface area (Å²) in [5.41, 5.74) is 1.06. The fourth-order valence-electron chi connectivity index (χ4n) is 2.30. The van der Waals surface area contributed by atoms with Gasteiger partial charge in [0.15, 0.2) is 11.5 Å². The highest BCUT2D eigenvalue weighted by Gasteiger charge is 2.21. The van der Waals surface area contributed by atoms with E-state index >= 15 is 0 Å². The molecule has 2 aromatic carbocycles. The van der Waals surface area contributed by atoms with Crippen molar-refractivity contribution < 1.29 is 14.4 Å². The molecule has 1 heterocycles. The van der Waals surface area contributed by atoms with Crippen LogP contribution in [0.15, 0.2) is 40.9 Å². The Morgan fingerprint density at radius 2 is 1.83 bits per heavy atom. The summed E-state index contributed by atoms with van der Waals surface area (Å²) in [6.07, 6.45) is 0. The van der Waals surface area contributed by atoms with Crippen molar-refractivity contribution >= 4 is 45.1 Å². The minimum Gasteiger partial charge on any atom is -0.493 e. The van der Waals surface area contributed by atoms with Gasteiger partial charge in [-0.1, -0.05) is 22.0 Å². The van der Waals surface area contributed by atoms with E-state index in [1.165, 1.54) is 6.07 Å². The number of methoxy groups -OCH3 is 1. The van der Waals surface area contributed by atoms with Gasteiger partial charge in [-0.05, 0) is 29.8 Å². The van der Waals surface area contributed by atoms with E-state index in [-0.39, 0.29) is 11.4 Å². The molecule has 0 N–H and O–H groups in total. The number of benzene rings is 2. The molecule has 0 bridgehead atoms. The van der Waals surface area contributed by atoms with Crippen LogP contribution < -0.4 is 9.47 Å². The molecule has 0 amide bonds. The first-order valence-corrected chi connectivity index (χ1v) is 10.0. The Morgan fingerprint density at radius 3 is 2.50 bits per heavy atom. The average Bonchev–Trinajstić information content (AvgIpc) is 3.11. The Kier molecular flexibility index (Phi) is 5.57. The highest BCUT2D eigenvalue weighted by atomic mass is 79.9. The lowest BCUT2D eigenvalue weighted by Gasteiger charge is -2.14. The highest BCUT2D eigenvalue weighted by Crippen LogP contribution is 2.47. The summed E-state index contributed by atoms with van der Waals surface area (Å²) < 4.78 is 12.2. The number of halogens is 1. The third-order valence-electron chi connectivity index (χ3n) is 3.42. The summed E-state index contributed by atoms with van der Waals surface area (Å²) in [6, 6.07) is 10.4. The molecule has 0 atom stereocenters. The second-order valence-corrected chi connectivity index (χ2v) is 8.60. The van der Waals surface area contributed by atoms with Crippen LogP contribution in [0.5, 0.6) is 17.2 Å². The van der Waals surface area contributed by atoms with Crippen molar-refractivity contribution in [3.05, 3.63) is 56.5 Å². The molecule has 8 heteroatoms. The lowest BCUT2D eigenvalue weighted by atomic mass is 10.2. The smallest absolute Gasteiger partial charge is 0.312 e. The van der Waals surface area contributed by atoms with Gasteiger partial charge in [-0.15, -0.1) is 23.5 Å². The van der Waals surface area contributed by atoms with E-state index in [4.69, 9.17) is 9.47 Å². The van der Waals surface area contributed by atoms with Crippen LogP contribution in [-0.2, 0) is 0 Å². The average molecular weight is 428 g/mol. The number of nitro benzene ring substituents is 1. The zero-order valence-corrected chi connectivity index (χ0v) is 15.9. The monoisotopic (exact) mass is 427 g/mol. The van der Waals surface area contributed by atoms with Gasteiger partial charge in [-0.2, -0.15) is 0 Å². The Labute approximate surface area is 156 Å². The molecular formula is C16H14BrNO4S2. The van der Waals surface area contributed by atoms with Gasteiger partial charge in [0, 0.05) is 22.0 Å². The predicted octanol–water partition coefficient (Wildman–Crippen LogP) is 5.64. The van der Waals surface area contributed by atoms with Crippen molar-refractivity contribution in [2.24, 2.45) is 0 Å². The number of thioether (sulfide) groups is 2. The standard InChI is InChI=1S/C16H14BrNO4S2/c1-21-15-8-10(16-23-6-7-24-16)2-4-14(15)22-13-5-3-11(17)9-12(13)18(19)20/h2-5,8-9,16H,6-7H2,1H3. The number of hydrogen-bond donors (Lipinski definition) is 0. The third kappa shape index (κ3) is 3.81. The zero-order valence-electron chi connectivity index (χ0n) is 12.7. The Balaban J connectivity index is 1.91. The van der Waals surface area contributed by atoms with Crippen LogP contribution in [-0.4, -0.2) is 23.5 Å². The normalized spacial score (nSPS) is 14.6. The van der Waals surface area contributed by atoms with Crippen LogP contribution in [0.3, 0.4) is 0 Å². The molecule has 1 saturated heterocycles. The van der Waals surface area contributed by atoms with E-state index < -0.39 is 4.92 Å². The van der Waals surface area contributed by atoms with Gasteiger partial charge in [-0.3, -0.25) is 10.1 Å². The van der Waals surface area contributed by atoms with Crippen molar-refractivity contribution in [3.8, 4) is 17.2 Å². The van der Waals surface area contributed by atoms with Crippen LogP contribution in [0, 0.1) is 10.1 Å². The van der Waals surface area contributed by atoms with E-state index in [1.54, 1.807) is 25.3 Å². The van der Waals surface area contributed by atoms with Gasteiger partial charge in [0.2, 0.25) is 5.75 Å². The second-order valence-electron chi connectivity index (χ2n) is 4.96. The van der Waals surface area contributed by atoms with E-state index in [9.17, 15) is 10.1 Å². The maximum absolute atomic E-state index is 11.2. The first-order chi connectivity index (χ1) is 11.6. The van der Waals surface area contributed by atoms with Gasteiger partial charge in [0.1, 0.15) is 0 Å². The molecule has 24 heavy (non-hydrogen) atoms. The van der Waals surface area contributed by atoms with E-state index in [0.29, 0.717) is 20.6 Å². The van der Waals surface area contributed by atoms with Crippen LogP contribution in [0.4, 0.5) is 5.69 Å². The molecule has 126 valence electrons. The second kappa shape index (κ2) is 7.67. The zero-order chi connectivity index (χ0) is 17.1. The van der Waals surface area contributed by atoms with Crippen LogP contribution in [0.25, 0.3) is 0 Å². The van der Waals surface area contributed by atoms with E-state index in [2.05, 4.69) is 15.9 Å².